The Morgan fingerprint density at radius 3 is 2.25 bits per heavy atom. The first-order chi connectivity index (χ1) is 7.54. The van der Waals surface area contributed by atoms with Crippen LogP contribution in [0.3, 0.4) is 0 Å². The molecule has 1 N–H and O–H groups in total. The number of nitrogens with one attached hydrogen (secondary N) is 1. The highest BCUT2D eigenvalue weighted by molar-refractivity contribution is 5.19. The molecule has 1 nitrogen and oxygen atoms in total. The summed E-state index contributed by atoms with van der Waals surface area (Å²) in [6.07, 6.45) is 1.04. The van der Waals surface area contributed by atoms with E-state index in [-0.39, 0.29) is 0 Å². The lowest BCUT2D eigenvalue weighted by atomic mass is 10.1. The molecule has 0 aliphatic rings. The van der Waals surface area contributed by atoms with Gasteiger partial charge in [0, 0.05) is 6.54 Å². The van der Waals surface area contributed by atoms with Crippen LogP contribution in [0, 0.1) is 23.4 Å². The second-order valence-corrected chi connectivity index (χ2v) is 4.02. The number of hydrogen-bond acceptors (Lipinski definition) is 1. The van der Waals surface area contributed by atoms with Crippen LogP contribution in [-0.2, 0) is 6.54 Å². The number of halogens is 3. The minimum absolute atomic E-state index is 0.346. The predicted molar refractivity (Wildman–Crippen MR) is 57.5 cm³/mol. The molecule has 16 heavy (non-hydrogen) atoms. The summed E-state index contributed by atoms with van der Waals surface area (Å²) in [6, 6.07) is 2.03. The Morgan fingerprint density at radius 1 is 1.19 bits per heavy atom. The highest BCUT2D eigenvalue weighted by Gasteiger charge is 2.10. The van der Waals surface area contributed by atoms with Crippen LogP contribution in [0.1, 0.15) is 25.8 Å². The lowest BCUT2D eigenvalue weighted by molar-refractivity contribution is 0.442. The Hall–Kier alpha value is -1.03. The molecule has 1 atom stereocenters. The molecule has 0 amide bonds. The van der Waals surface area contributed by atoms with Gasteiger partial charge >= 0.3 is 0 Å². The SMILES string of the molecule is CCC(C)CNCc1cc(F)c(F)c(F)c1. The summed E-state index contributed by atoms with van der Waals surface area (Å²) < 4.78 is 38.3. The monoisotopic (exact) mass is 231 g/mol. The van der Waals surface area contributed by atoms with Gasteiger partial charge in [0.05, 0.1) is 0 Å². The van der Waals surface area contributed by atoms with Crippen molar-refractivity contribution in [2.24, 2.45) is 5.92 Å². The maximum atomic E-state index is 12.8. The quantitative estimate of drug-likeness (QED) is 0.767. The van der Waals surface area contributed by atoms with Gasteiger partial charge in [-0.3, -0.25) is 0 Å². The van der Waals surface area contributed by atoms with Crippen molar-refractivity contribution in [3.63, 3.8) is 0 Å². The topological polar surface area (TPSA) is 12.0 Å². The molecule has 1 aromatic rings. The van der Waals surface area contributed by atoms with Crippen LogP contribution >= 0.6 is 0 Å². The summed E-state index contributed by atoms with van der Waals surface area (Å²) in [4.78, 5) is 0. The Morgan fingerprint density at radius 2 is 1.75 bits per heavy atom. The molecular formula is C12H16F3N. The van der Waals surface area contributed by atoms with E-state index in [4.69, 9.17) is 0 Å². The van der Waals surface area contributed by atoms with Crippen LogP contribution in [0.15, 0.2) is 12.1 Å². The predicted octanol–water partition coefficient (Wildman–Crippen LogP) is 3.24. The van der Waals surface area contributed by atoms with E-state index < -0.39 is 17.5 Å². The Labute approximate surface area is 93.7 Å². The minimum atomic E-state index is -1.41. The van der Waals surface area contributed by atoms with Crippen molar-refractivity contribution < 1.29 is 13.2 Å². The van der Waals surface area contributed by atoms with Gasteiger partial charge in [0.15, 0.2) is 17.5 Å². The third-order valence-electron chi connectivity index (χ3n) is 2.56. The van der Waals surface area contributed by atoms with Crippen LogP contribution in [-0.4, -0.2) is 6.54 Å². The van der Waals surface area contributed by atoms with Crippen LogP contribution in [0.2, 0.25) is 0 Å². The van der Waals surface area contributed by atoms with Gasteiger partial charge in [-0.05, 0) is 30.2 Å². The van der Waals surface area contributed by atoms with Crippen molar-refractivity contribution in [3.05, 3.63) is 35.1 Å². The molecule has 0 radical (unpaired) electrons. The van der Waals surface area contributed by atoms with Crippen LogP contribution in [0.25, 0.3) is 0 Å². The molecule has 0 fully saturated rings. The largest absolute Gasteiger partial charge is 0.312 e. The Balaban J connectivity index is 2.55. The lowest BCUT2D eigenvalue weighted by Crippen LogP contribution is -2.20. The van der Waals surface area contributed by atoms with Gasteiger partial charge in [0.2, 0.25) is 0 Å². The van der Waals surface area contributed by atoms with Crippen LogP contribution < -0.4 is 5.32 Å². The fourth-order valence-corrected chi connectivity index (χ4v) is 1.32. The fraction of sp³-hybridized carbons (Fsp3) is 0.500. The van der Waals surface area contributed by atoms with E-state index in [1.54, 1.807) is 0 Å². The van der Waals surface area contributed by atoms with Crippen molar-refractivity contribution in [1.82, 2.24) is 5.32 Å². The number of benzene rings is 1. The van der Waals surface area contributed by atoms with E-state index in [2.05, 4.69) is 19.2 Å². The summed E-state index contributed by atoms with van der Waals surface area (Å²) in [5.74, 6) is -3.18. The zero-order chi connectivity index (χ0) is 12.1. The molecule has 0 saturated carbocycles. The highest BCUT2D eigenvalue weighted by Crippen LogP contribution is 2.13. The molecule has 0 saturated heterocycles. The maximum absolute atomic E-state index is 12.8. The highest BCUT2D eigenvalue weighted by atomic mass is 19.2. The third kappa shape index (κ3) is 3.52. The molecule has 0 aliphatic carbocycles. The standard InChI is InChI=1S/C12H16F3N/c1-3-8(2)6-16-7-9-4-10(13)12(15)11(14)5-9/h4-5,8,16H,3,6-7H2,1-2H3. The number of hydrogen-bond donors (Lipinski definition) is 1. The molecule has 1 rings (SSSR count). The van der Waals surface area contributed by atoms with E-state index in [1.807, 2.05) is 0 Å². The van der Waals surface area contributed by atoms with Crippen molar-refractivity contribution in [2.45, 2.75) is 26.8 Å². The van der Waals surface area contributed by atoms with Crippen molar-refractivity contribution >= 4 is 0 Å². The van der Waals surface area contributed by atoms with E-state index >= 15 is 0 Å². The first kappa shape index (κ1) is 13.0. The first-order valence-electron chi connectivity index (χ1n) is 5.38. The van der Waals surface area contributed by atoms with Gasteiger partial charge < -0.3 is 5.32 Å². The van der Waals surface area contributed by atoms with E-state index in [9.17, 15) is 13.2 Å². The zero-order valence-electron chi connectivity index (χ0n) is 9.49. The van der Waals surface area contributed by atoms with Gasteiger partial charge in [-0.2, -0.15) is 0 Å². The average Bonchev–Trinajstić information content (AvgIpc) is 2.25. The molecule has 0 aromatic heterocycles. The van der Waals surface area contributed by atoms with E-state index in [0.717, 1.165) is 25.1 Å². The third-order valence-corrected chi connectivity index (χ3v) is 2.56. The van der Waals surface area contributed by atoms with E-state index in [1.165, 1.54) is 0 Å². The zero-order valence-corrected chi connectivity index (χ0v) is 9.49. The number of rotatable bonds is 5. The van der Waals surface area contributed by atoms with Gasteiger partial charge in [0.1, 0.15) is 0 Å². The van der Waals surface area contributed by atoms with Gasteiger partial charge in [-0.15, -0.1) is 0 Å². The van der Waals surface area contributed by atoms with Crippen LogP contribution in [0.5, 0.6) is 0 Å². The van der Waals surface area contributed by atoms with E-state index in [0.29, 0.717) is 18.0 Å². The van der Waals surface area contributed by atoms with Crippen LogP contribution in [0.4, 0.5) is 13.2 Å². The maximum Gasteiger partial charge on any atom is 0.194 e. The molecule has 0 spiro atoms. The second-order valence-electron chi connectivity index (χ2n) is 4.02. The summed E-state index contributed by atoms with van der Waals surface area (Å²) >= 11 is 0. The minimum Gasteiger partial charge on any atom is -0.312 e. The lowest BCUT2D eigenvalue weighted by Gasteiger charge is -2.10. The Bertz CT molecular complexity index is 329. The summed E-state index contributed by atoms with van der Waals surface area (Å²) in [5, 5.41) is 3.07. The van der Waals surface area contributed by atoms with Crippen molar-refractivity contribution in [2.75, 3.05) is 6.54 Å². The summed E-state index contributed by atoms with van der Waals surface area (Å²) in [5.41, 5.74) is 0.416. The average molecular weight is 231 g/mol. The van der Waals surface area contributed by atoms with Gasteiger partial charge in [-0.1, -0.05) is 20.3 Å². The van der Waals surface area contributed by atoms with Gasteiger partial charge in [-0.25, -0.2) is 13.2 Å². The molecule has 0 aliphatic heterocycles. The van der Waals surface area contributed by atoms with Crippen molar-refractivity contribution in [1.29, 1.82) is 0 Å². The molecule has 1 unspecified atom stereocenters. The Kier molecular flexibility index (Phi) is 4.80. The van der Waals surface area contributed by atoms with Gasteiger partial charge in [0.25, 0.3) is 0 Å². The summed E-state index contributed by atoms with van der Waals surface area (Å²) in [7, 11) is 0. The second kappa shape index (κ2) is 5.89. The smallest absolute Gasteiger partial charge is 0.194 e. The molecular weight excluding hydrogens is 215 g/mol. The fourth-order valence-electron chi connectivity index (χ4n) is 1.32. The molecule has 0 bridgehead atoms. The first-order valence-corrected chi connectivity index (χ1v) is 5.38. The molecule has 90 valence electrons. The van der Waals surface area contributed by atoms with Crippen molar-refractivity contribution in [3.8, 4) is 0 Å². The molecule has 0 heterocycles. The summed E-state index contributed by atoms with van der Waals surface area (Å²) in [6.45, 7) is 5.28. The normalized spacial score (nSPS) is 12.8. The molecule has 4 heteroatoms. The molecule has 1 aromatic carbocycles.